The number of aryl methyl sites for hydroxylation is 1. The Morgan fingerprint density at radius 2 is 1.76 bits per heavy atom. The van der Waals surface area contributed by atoms with Crippen molar-refractivity contribution in [3.8, 4) is 0 Å². The van der Waals surface area contributed by atoms with Gasteiger partial charge in [-0.2, -0.15) is 0 Å². The van der Waals surface area contributed by atoms with Crippen LogP contribution < -0.4 is 10.2 Å². The van der Waals surface area contributed by atoms with Crippen LogP contribution in [0.3, 0.4) is 0 Å². The molecule has 1 N–H and O–H groups in total. The highest BCUT2D eigenvalue weighted by atomic mass is 79.9. The Hall–Kier alpha value is -3.00. The molecule has 34 heavy (non-hydrogen) atoms. The van der Waals surface area contributed by atoms with Crippen LogP contribution in [-0.4, -0.2) is 30.3 Å². The van der Waals surface area contributed by atoms with Crippen LogP contribution in [0.25, 0.3) is 0 Å². The van der Waals surface area contributed by atoms with Crippen LogP contribution in [0, 0.1) is 17.8 Å². The van der Waals surface area contributed by atoms with Gasteiger partial charge in [0.05, 0.1) is 23.1 Å². The first kappa shape index (κ1) is 24.1. The minimum Gasteiger partial charge on any atom is -0.452 e. The highest BCUT2D eigenvalue weighted by molar-refractivity contribution is 9.10. The van der Waals surface area contributed by atoms with Gasteiger partial charge in [-0.25, -0.2) is 4.79 Å². The molecule has 1 saturated carbocycles. The third-order valence-electron chi connectivity index (χ3n) is 6.61. The maximum Gasteiger partial charge on any atom is 0.338 e. The quantitative estimate of drug-likeness (QED) is 0.433. The molecular formula is C26H27BrN2O5. The van der Waals surface area contributed by atoms with Crippen LogP contribution in [0.5, 0.6) is 0 Å². The normalized spacial score (nSPS) is 21.9. The molecule has 1 aliphatic heterocycles. The number of imide groups is 1. The van der Waals surface area contributed by atoms with Crippen molar-refractivity contribution in [2.45, 2.75) is 39.5 Å². The lowest BCUT2D eigenvalue weighted by Crippen LogP contribution is -2.30. The van der Waals surface area contributed by atoms with Gasteiger partial charge in [-0.1, -0.05) is 29.8 Å². The molecule has 4 rings (SSSR count). The monoisotopic (exact) mass is 526 g/mol. The van der Waals surface area contributed by atoms with Gasteiger partial charge in [-0.05, 0) is 79.6 Å². The van der Waals surface area contributed by atoms with Crippen LogP contribution in [0.2, 0.25) is 0 Å². The first-order valence-corrected chi connectivity index (χ1v) is 12.3. The van der Waals surface area contributed by atoms with Gasteiger partial charge in [0.15, 0.2) is 6.61 Å². The number of esters is 1. The fourth-order valence-corrected chi connectivity index (χ4v) is 5.18. The van der Waals surface area contributed by atoms with E-state index in [0.29, 0.717) is 17.3 Å². The third kappa shape index (κ3) is 4.92. The zero-order valence-electron chi connectivity index (χ0n) is 19.2. The van der Waals surface area contributed by atoms with Crippen molar-refractivity contribution in [2.75, 3.05) is 16.8 Å². The summed E-state index contributed by atoms with van der Waals surface area (Å²) in [5.41, 5.74) is 2.32. The van der Waals surface area contributed by atoms with E-state index >= 15 is 0 Å². The average Bonchev–Trinajstić information content (AvgIpc) is 3.07. The van der Waals surface area contributed by atoms with E-state index in [2.05, 4.69) is 28.2 Å². The Bertz CT molecular complexity index is 1130. The Kier molecular flexibility index (Phi) is 7.16. The number of halogens is 1. The van der Waals surface area contributed by atoms with E-state index in [9.17, 15) is 19.2 Å². The van der Waals surface area contributed by atoms with Gasteiger partial charge < -0.3 is 10.1 Å². The van der Waals surface area contributed by atoms with Gasteiger partial charge in [0, 0.05) is 10.2 Å². The molecule has 3 amide bonds. The van der Waals surface area contributed by atoms with Crippen molar-refractivity contribution in [3.63, 3.8) is 0 Å². The van der Waals surface area contributed by atoms with Crippen LogP contribution in [0.4, 0.5) is 11.4 Å². The lowest BCUT2D eigenvalue weighted by atomic mass is 9.76. The number of hydrogen-bond acceptors (Lipinski definition) is 5. The molecule has 2 aromatic carbocycles. The van der Waals surface area contributed by atoms with E-state index in [1.807, 2.05) is 19.1 Å². The number of hydrogen-bond donors (Lipinski definition) is 1. The van der Waals surface area contributed by atoms with E-state index in [0.717, 1.165) is 35.7 Å². The third-order valence-corrected chi connectivity index (χ3v) is 7.10. The van der Waals surface area contributed by atoms with Crippen molar-refractivity contribution in [1.29, 1.82) is 0 Å². The van der Waals surface area contributed by atoms with Gasteiger partial charge in [0.25, 0.3) is 5.91 Å². The zero-order chi connectivity index (χ0) is 24.4. The molecule has 2 aliphatic rings. The van der Waals surface area contributed by atoms with Gasteiger partial charge >= 0.3 is 5.97 Å². The Labute approximate surface area is 207 Å². The van der Waals surface area contributed by atoms with Crippen molar-refractivity contribution in [2.24, 2.45) is 17.8 Å². The standard InChI is InChI=1S/C26H27BrN2O5/c1-3-16-13-18(27)7-11-22(16)28-23(30)14-34-26(33)17-5-8-19(9-6-17)29-24(31)20-10-4-15(2)12-21(20)25(29)32/h5-9,11,13,15,20-21H,3-4,10,12,14H2,1-2H3,(H,28,30)/t15-,20+,21+/m0/s1. The smallest absolute Gasteiger partial charge is 0.338 e. The molecule has 2 aromatic rings. The molecule has 1 heterocycles. The lowest BCUT2D eigenvalue weighted by Gasteiger charge is -2.25. The fraction of sp³-hybridized carbons (Fsp3) is 0.385. The summed E-state index contributed by atoms with van der Waals surface area (Å²) in [4.78, 5) is 51.6. The number of rotatable bonds is 6. The molecule has 0 spiro atoms. The molecule has 0 bridgehead atoms. The minimum absolute atomic E-state index is 0.159. The van der Waals surface area contributed by atoms with E-state index in [1.54, 1.807) is 18.2 Å². The van der Waals surface area contributed by atoms with Crippen LogP contribution in [0.15, 0.2) is 46.9 Å². The summed E-state index contributed by atoms with van der Waals surface area (Å²) in [5.74, 6) is -1.48. The number of benzene rings is 2. The maximum atomic E-state index is 12.9. The number of ether oxygens (including phenoxy) is 1. The Balaban J connectivity index is 1.36. The molecular weight excluding hydrogens is 500 g/mol. The molecule has 0 unspecified atom stereocenters. The summed E-state index contributed by atoms with van der Waals surface area (Å²) in [6.45, 7) is 3.67. The summed E-state index contributed by atoms with van der Waals surface area (Å²) < 4.78 is 6.07. The SMILES string of the molecule is CCc1cc(Br)ccc1NC(=O)COC(=O)c1ccc(N2C(=O)[C@@H]3CC[C@H](C)C[C@H]3C2=O)cc1. The summed E-state index contributed by atoms with van der Waals surface area (Å²) in [7, 11) is 0. The molecule has 3 atom stereocenters. The second-order valence-corrected chi connectivity index (χ2v) is 9.88. The molecule has 8 heteroatoms. The summed E-state index contributed by atoms with van der Waals surface area (Å²) >= 11 is 3.41. The summed E-state index contributed by atoms with van der Waals surface area (Å²) in [6.07, 6.45) is 3.16. The number of nitrogens with one attached hydrogen (secondary N) is 1. The molecule has 178 valence electrons. The minimum atomic E-state index is -0.658. The highest BCUT2D eigenvalue weighted by Gasteiger charge is 2.49. The molecule has 2 fully saturated rings. The van der Waals surface area contributed by atoms with Crippen LogP contribution >= 0.6 is 15.9 Å². The number of carbonyl (C=O) groups excluding carboxylic acids is 4. The lowest BCUT2D eigenvalue weighted by molar-refractivity contribution is -0.122. The molecule has 0 radical (unpaired) electrons. The number of carbonyl (C=O) groups is 4. The first-order chi connectivity index (χ1) is 16.3. The number of nitrogens with zero attached hydrogens (tertiary/aromatic N) is 1. The predicted molar refractivity (Wildman–Crippen MR) is 131 cm³/mol. The average molecular weight is 527 g/mol. The van der Waals surface area contributed by atoms with Crippen molar-refractivity contribution >= 4 is 51.0 Å². The second kappa shape index (κ2) is 10.1. The topological polar surface area (TPSA) is 92.8 Å². The summed E-state index contributed by atoms with van der Waals surface area (Å²) in [5, 5.41) is 2.76. The van der Waals surface area contributed by atoms with Crippen LogP contribution in [-0.2, 0) is 25.5 Å². The molecule has 0 aromatic heterocycles. The Morgan fingerprint density at radius 3 is 2.47 bits per heavy atom. The van der Waals surface area contributed by atoms with Crippen molar-refractivity contribution in [3.05, 3.63) is 58.1 Å². The fourth-order valence-electron chi connectivity index (χ4n) is 4.77. The highest BCUT2D eigenvalue weighted by Crippen LogP contribution is 2.42. The van der Waals surface area contributed by atoms with Gasteiger partial charge in [-0.15, -0.1) is 0 Å². The Morgan fingerprint density at radius 1 is 1.06 bits per heavy atom. The number of amides is 3. The van der Waals surface area contributed by atoms with Gasteiger partial charge in [0.1, 0.15) is 0 Å². The number of fused-ring (bicyclic) bond motifs is 1. The van der Waals surface area contributed by atoms with Gasteiger partial charge in [0.2, 0.25) is 11.8 Å². The molecule has 1 aliphatic carbocycles. The zero-order valence-corrected chi connectivity index (χ0v) is 20.8. The number of anilines is 2. The second-order valence-electron chi connectivity index (χ2n) is 8.97. The largest absolute Gasteiger partial charge is 0.452 e. The van der Waals surface area contributed by atoms with E-state index in [1.165, 1.54) is 17.0 Å². The first-order valence-electron chi connectivity index (χ1n) is 11.5. The predicted octanol–water partition coefficient (Wildman–Crippen LogP) is 4.73. The maximum absolute atomic E-state index is 12.9. The molecule has 1 saturated heterocycles. The van der Waals surface area contributed by atoms with Crippen molar-refractivity contribution in [1.82, 2.24) is 0 Å². The van der Waals surface area contributed by atoms with E-state index < -0.39 is 18.5 Å². The van der Waals surface area contributed by atoms with Crippen molar-refractivity contribution < 1.29 is 23.9 Å². The van der Waals surface area contributed by atoms with Crippen LogP contribution in [0.1, 0.15) is 49.0 Å². The van der Waals surface area contributed by atoms with E-state index in [4.69, 9.17) is 4.74 Å². The van der Waals surface area contributed by atoms with Gasteiger partial charge in [-0.3, -0.25) is 19.3 Å². The van der Waals surface area contributed by atoms with E-state index in [-0.39, 0.29) is 29.2 Å². The summed E-state index contributed by atoms with van der Waals surface area (Å²) in [6, 6.07) is 11.7. The molecule has 7 nitrogen and oxygen atoms in total.